The van der Waals surface area contributed by atoms with Gasteiger partial charge in [0.1, 0.15) is 0 Å². The number of hydrogen-bond acceptors (Lipinski definition) is 2. The molecule has 0 aliphatic rings. The molecule has 112 valence electrons. The highest BCUT2D eigenvalue weighted by atomic mass is 15.3. The van der Waals surface area contributed by atoms with Crippen LogP contribution in [-0.4, -0.2) is 16.3 Å². The van der Waals surface area contributed by atoms with Crippen LogP contribution in [0.1, 0.15) is 16.7 Å². The average Bonchev–Trinajstić information content (AvgIpc) is 3.01. The predicted octanol–water partition coefficient (Wildman–Crippen LogP) is 3.26. The number of hydrogen-bond donors (Lipinski definition) is 1. The third-order valence-electron chi connectivity index (χ3n) is 3.64. The summed E-state index contributed by atoms with van der Waals surface area (Å²) in [7, 11) is 0. The zero-order valence-electron chi connectivity index (χ0n) is 12.7. The fraction of sp³-hybridized carbons (Fsp3) is 0.211. The van der Waals surface area contributed by atoms with Crippen molar-refractivity contribution < 1.29 is 0 Å². The molecule has 3 heteroatoms. The molecule has 0 radical (unpaired) electrons. The first-order chi connectivity index (χ1) is 10.9. The fourth-order valence-electron chi connectivity index (χ4n) is 2.46. The molecule has 1 aromatic heterocycles. The molecule has 0 aliphatic carbocycles. The van der Waals surface area contributed by atoms with Gasteiger partial charge in [0.15, 0.2) is 0 Å². The van der Waals surface area contributed by atoms with E-state index in [0.717, 1.165) is 26.1 Å². The zero-order chi connectivity index (χ0) is 15.0. The van der Waals surface area contributed by atoms with E-state index in [2.05, 4.69) is 71.2 Å². The lowest BCUT2D eigenvalue weighted by molar-refractivity contribution is 0.675. The summed E-state index contributed by atoms with van der Waals surface area (Å²) >= 11 is 0. The highest BCUT2D eigenvalue weighted by Gasteiger charge is 2.00. The largest absolute Gasteiger partial charge is 0.312 e. The van der Waals surface area contributed by atoms with Crippen LogP contribution in [0.15, 0.2) is 73.1 Å². The van der Waals surface area contributed by atoms with Crippen molar-refractivity contribution in [3.8, 4) is 0 Å². The fourth-order valence-corrected chi connectivity index (χ4v) is 2.46. The Morgan fingerprint density at radius 2 is 1.50 bits per heavy atom. The number of nitrogens with one attached hydrogen (secondary N) is 1. The van der Waals surface area contributed by atoms with Crippen molar-refractivity contribution in [2.75, 3.05) is 6.54 Å². The Labute approximate surface area is 131 Å². The van der Waals surface area contributed by atoms with Crippen LogP contribution in [0, 0.1) is 0 Å². The Balaban J connectivity index is 1.44. The third-order valence-corrected chi connectivity index (χ3v) is 3.64. The van der Waals surface area contributed by atoms with Crippen LogP contribution >= 0.6 is 0 Å². The lowest BCUT2D eigenvalue weighted by Gasteiger charge is -2.03. The van der Waals surface area contributed by atoms with E-state index in [-0.39, 0.29) is 0 Å². The van der Waals surface area contributed by atoms with E-state index in [1.807, 2.05) is 16.9 Å². The highest BCUT2D eigenvalue weighted by Crippen LogP contribution is 2.04. The minimum atomic E-state index is 0.824. The first-order valence-corrected chi connectivity index (χ1v) is 7.70. The molecule has 0 saturated heterocycles. The van der Waals surface area contributed by atoms with Crippen LogP contribution in [0.5, 0.6) is 0 Å². The molecule has 0 aliphatic heterocycles. The molecule has 1 N–H and O–H groups in total. The predicted molar refractivity (Wildman–Crippen MR) is 89.6 cm³/mol. The molecular formula is C19H21N3. The lowest BCUT2D eigenvalue weighted by Crippen LogP contribution is -2.16. The molecule has 3 aromatic rings. The number of nitrogens with zero attached hydrogens (tertiary/aromatic N) is 2. The van der Waals surface area contributed by atoms with E-state index in [1.54, 1.807) is 0 Å². The van der Waals surface area contributed by atoms with E-state index in [9.17, 15) is 0 Å². The Hall–Kier alpha value is -2.39. The van der Waals surface area contributed by atoms with E-state index in [1.165, 1.54) is 16.7 Å². The monoisotopic (exact) mass is 291 g/mol. The summed E-state index contributed by atoms with van der Waals surface area (Å²) < 4.78 is 1.99. The van der Waals surface area contributed by atoms with Gasteiger partial charge in [-0.3, -0.25) is 4.68 Å². The summed E-state index contributed by atoms with van der Waals surface area (Å²) in [5, 5.41) is 7.90. The third kappa shape index (κ3) is 4.30. The molecule has 3 rings (SSSR count). The van der Waals surface area contributed by atoms with E-state index < -0.39 is 0 Å². The Kier molecular flexibility index (Phi) is 5.00. The van der Waals surface area contributed by atoms with Gasteiger partial charge in [-0.15, -0.1) is 0 Å². The van der Waals surface area contributed by atoms with Crippen molar-refractivity contribution >= 4 is 0 Å². The second-order valence-electron chi connectivity index (χ2n) is 5.44. The van der Waals surface area contributed by atoms with Crippen molar-refractivity contribution in [2.45, 2.75) is 19.5 Å². The molecule has 0 amide bonds. The minimum Gasteiger partial charge on any atom is -0.312 e. The average molecular weight is 291 g/mol. The molecular weight excluding hydrogens is 270 g/mol. The number of rotatable bonds is 7. The maximum absolute atomic E-state index is 4.43. The van der Waals surface area contributed by atoms with Crippen molar-refractivity contribution in [1.82, 2.24) is 15.1 Å². The van der Waals surface area contributed by atoms with E-state index >= 15 is 0 Å². The van der Waals surface area contributed by atoms with Gasteiger partial charge in [-0.1, -0.05) is 60.7 Å². The summed E-state index contributed by atoms with van der Waals surface area (Å²) in [4.78, 5) is 0. The van der Waals surface area contributed by atoms with Gasteiger partial charge < -0.3 is 5.32 Å². The summed E-state index contributed by atoms with van der Waals surface area (Å²) in [5.74, 6) is 0. The van der Waals surface area contributed by atoms with Gasteiger partial charge in [0.05, 0.1) is 12.7 Å². The maximum Gasteiger partial charge on any atom is 0.0659 e. The standard InChI is InChI=1S/C19H21N3/c1-3-7-17(8-4-1)11-12-20-13-19-14-21-22(16-19)15-18-9-5-2-6-10-18/h1-10,14,16,20H,11-13,15H2. The maximum atomic E-state index is 4.43. The smallest absolute Gasteiger partial charge is 0.0659 e. The molecule has 3 nitrogen and oxygen atoms in total. The van der Waals surface area contributed by atoms with Crippen LogP contribution in [-0.2, 0) is 19.5 Å². The highest BCUT2D eigenvalue weighted by molar-refractivity contribution is 5.16. The van der Waals surface area contributed by atoms with Gasteiger partial charge in [0.25, 0.3) is 0 Å². The van der Waals surface area contributed by atoms with Crippen molar-refractivity contribution in [3.05, 3.63) is 89.7 Å². The minimum absolute atomic E-state index is 0.824. The Morgan fingerprint density at radius 3 is 2.23 bits per heavy atom. The van der Waals surface area contributed by atoms with Crippen LogP contribution in [0.2, 0.25) is 0 Å². The van der Waals surface area contributed by atoms with Crippen LogP contribution in [0.3, 0.4) is 0 Å². The van der Waals surface area contributed by atoms with Gasteiger partial charge >= 0.3 is 0 Å². The molecule has 1 heterocycles. The summed E-state index contributed by atoms with van der Waals surface area (Å²) in [6.45, 7) is 2.67. The van der Waals surface area contributed by atoms with Crippen molar-refractivity contribution in [1.29, 1.82) is 0 Å². The van der Waals surface area contributed by atoms with Crippen LogP contribution in [0.25, 0.3) is 0 Å². The normalized spacial score (nSPS) is 10.7. The summed E-state index contributed by atoms with van der Waals surface area (Å²) in [5.41, 5.74) is 3.87. The molecule has 0 saturated carbocycles. The lowest BCUT2D eigenvalue weighted by atomic mass is 10.1. The van der Waals surface area contributed by atoms with Crippen LogP contribution < -0.4 is 5.32 Å². The summed E-state index contributed by atoms with van der Waals surface area (Å²) in [6, 6.07) is 21.0. The molecule has 0 spiro atoms. The molecule has 0 unspecified atom stereocenters. The summed E-state index contributed by atoms with van der Waals surface area (Å²) in [6.07, 6.45) is 5.11. The quantitative estimate of drug-likeness (QED) is 0.677. The van der Waals surface area contributed by atoms with E-state index in [0.29, 0.717) is 0 Å². The molecule has 0 fully saturated rings. The topological polar surface area (TPSA) is 29.9 Å². The molecule has 2 aromatic carbocycles. The molecule has 0 bridgehead atoms. The van der Waals surface area contributed by atoms with Crippen molar-refractivity contribution in [3.63, 3.8) is 0 Å². The Bertz CT molecular complexity index is 674. The van der Waals surface area contributed by atoms with Crippen LogP contribution in [0.4, 0.5) is 0 Å². The van der Waals surface area contributed by atoms with Gasteiger partial charge in [-0.2, -0.15) is 5.10 Å². The number of aromatic nitrogens is 2. The molecule has 22 heavy (non-hydrogen) atoms. The second kappa shape index (κ2) is 7.57. The van der Waals surface area contributed by atoms with E-state index in [4.69, 9.17) is 0 Å². The van der Waals surface area contributed by atoms with Gasteiger partial charge in [-0.25, -0.2) is 0 Å². The van der Waals surface area contributed by atoms with Gasteiger partial charge in [0, 0.05) is 18.3 Å². The van der Waals surface area contributed by atoms with Gasteiger partial charge in [0.2, 0.25) is 0 Å². The Morgan fingerprint density at radius 1 is 0.818 bits per heavy atom. The first kappa shape index (κ1) is 14.5. The molecule has 0 atom stereocenters. The first-order valence-electron chi connectivity index (χ1n) is 7.70. The SMILES string of the molecule is c1ccc(CCNCc2cnn(Cc3ccccc3)c2)cc1. The number of benzene rings is 2. The second-order valence-corrected chi connectivity index (χ2v) is 5.44. The van der Waals surface area contributed by atoms with Gasteiger partial charge in [-0.05, 0) is 24.1 Å². The van der Waals surface area contributed by atoms with Crippen molar-refractivity contribution in [2.24, 2.45) is 0 Å². The zero-order valence-corrected chi connectivity index (χ0v) is 12.7.